The topological polar surface area (TPSA) is 76.1 Å². The molecule has 1 saturated heterocycles. The van der Waals surface area contributed by atoms with Gasteiger partial charge in [-0.25, -0.2) is 8.42 Å². The Morgan fingerprint density at radius 2 is 1.72 bits per heavy atom. The monoisotopic (exact) mass is 460 g/mol. The Bertz CT molecular complexity index is 987. The molecule has 1 fully saturated rings. The number of hydrogen-bond acceptors (Lipinski definition) is 5. The number of carbonyl (C=O) groups is 1. The Balaban J connectivity index is 1.68. The molecule has 32 heavy (non-hydrogen) atoms. The number of benzene rings is 2. The molecule has 0 bridgehead atoms. The third-order valence-electron chi connectivity index (χ3n) is 5.59. The smallest absolute Gasteiger partial charge is 0.253 e. The summed E-state index contributed by atoms with van der Waals surface area (Å²) >= 11 is 0. The molecule has 0 saturated carbocycles. The van der Waals surface area contributed by atoms with E-state index >= 15 is 0 Å². The van der Waals surface area contributed by atoms with Gasteiger partial charge in [-0.2, -0.15) is 4.31 Å². The molecule has 0 unspecified atom stereocenters. The number of carbonyl (C=O) groups excluding carboxylic acids is 1. The third-order valence-corrected chi connectivity index (χ3v) is 7.51. The number of amides is 1. The highest BCUT2D eigenvalue weighted by molar-refractivity contribution is 7.89. The van der Waals surface area contributed by atoms with Gasteiger partial charge in [-0.15, -0.1) is 0 Å². The Kier molecular flexibility index (Phi) is 8.53. The molecule has 2 aromatic carbocycles. The van der Waals surface area contributed by atoms with Gasteiger partial charge in [-0.05, 0) is 49.6 Å². The van der Waals surface area contributed by atoms with Crippen LogP contribution in [0.4, 0.5) is 0 Å². The fourth-order valence-electron chi connectivity index (χ4n) is 3.76. The molecule has 7 nitrogen and oxygen atoms in total. The van der Waals surface area contributed by atoms with Crippen molar-refractivity contribution in [3.05, 3.63) is 54.1 Å². The molecule has 0 spiro atoms. The van der Waals surface area contributed by atoms with Gasteiger partial charge in [0.2, 0.25) is 10.0 Å². The normalized spacial score (nSPS) is 15.1. The van der Waals surface area contributed by atoms with Crippen LogP contribution in [0.15, 0.2) is 53.4 Å². The van der Waals surface area contributed by atoms with Crippen LogP contribution in [0.5, 0.6) is 11.5 Å². The van der Waals surface area contributed by atoms with Gasteiger partial charge in [-0.3, -0.25) is 4.79 Å². The maximum Gasteiger partial charge on any atom is 0.253 e. The van der Waals surface area contributed by atoms with E-state index in [1.807, 2.05) is 30.3 Å². The lowest BCUT2D eigenvalue weighted by Gasteiger charge is -2.22. The highest BCUT2D eigenvalue weighted by Gasteiger charge is 2.29. The second kappa shape index (κ2) is 11.3. The van der Waals surface area contributed by atoms with Crippen molar-refractivity contribution in [2.75, 3.05) is 40.4 Å². The van der Waals surface area contributed by atoms with Crippen LogP contribution in [0.3, 0.4) is 0 Å². The minimum atomic E-state index is -3.74. The van der Waals surface area contributed by atoms with Crippen molar-refractivity contribution < 1.29 is 22.7 Å². The van der Waals surface area contributed by atoms with Crippen molar-refractivity contribution in [3.63, 3.8) is 0 Å². The van der Waals surface area contributed by atoms with Crippen molar-refractivity contribution in [2.24, 2.45) is 0 Å². The molecule has 0 atom stereocenters. The molecule has 1 aliphatic rings. The van der Waals surface area contributed by atoms with Crippen LogP contribution in [0, 0.1) is 0 Å². The Morgan fingerprint density at radius 3 is 2.38 bits per heavy atom. The third kappa shape index (κ3) is 6.01. The summed E-state index contributed by atoms with van der Waals surface area (Å²) in [5.74, 6) is 0.810. The average Bonchev–Trinajstić information content (AvgIpc) is 3.12. The molecular weight excluding hydrogens is 428 g/mol. The van der Waals surface area contributed by atoms with Gasteiger partial charge in [0.05, 0.1) is 13.7 Å². The molecule has 1 heterocycles. The van der Waals surface area contributed by atoms with Crippen LogP contribution in [0.25, 0.3) is 0 Å². The van der Waals surface area contributed by atoms with Crippen LogP contribution in [-0.2, 0) is 10.0 Å². The SMILES string of the molecule is COc1ccc(C(=O)N(C)CCCOc2ccccc2)cc1S(=O)(=O)N1CCCCCC1. The van der Waals surface area contributed by atoms with Crippen LogP contribution < -0.4 is 9.47 Å². The Morgan fingerprint density at radius 1 is 1.03 bits per heavy atom. The number of hydrogen-bond donors (Lipinski definition) is 0. The molecular formula is C24H32N2O5S. The Labute approximate surface area is 191 Å². The minimum Gasteiger partial charge on any atom is -0.495 e. The molecule has 0 N–H and O–H groups in total. The molecule has 174 valence electrons. The van der Waals surface area contributed by atoms with Crippen LogP contribution >= 0.6 is 0 Å². The first-order valence-corrected chi connectivity index (χ1v) is 12.5. The maximum atomic E-state index is 13.3. The van der Waals surface area contributed by atoms with Gasteiger partial charge in [-0.1, -0.05) is 31.0 Å². The number of rotatable bonds is 9. The highest BCUT2D eigenvalue weighted by Crippen LogP contribution is 2.29. The van der Waals surface area contributed by atoms with Gasteiger partial charge >= 0.3 is 0 Å². The summed E-state index contributed by atoms with van der Waals surface area (Å²) in [6.45, 7) is 1.96. The van der Waals surface area contributed by atoms with E-state index in [0.717, 1.165) is 31.4 Å². The second-order valence-electron chi connectivity index (χ2n) is 7.93. The fourth-order valence-corrected chi connectivity index (χ4v) is 5.46. The summed E-state index contributed by atoms with van der Waals surface area (Å²) in [5.41, 5.74) is 0.325. The fraction of sp³-hybridized carbons (Fsp3) is 0.458. The first kappa shape index (κ1) is 24.1. The van der Waals surface area contributed by atoms with Gasteiger partial charge < -0.3 is 14.4 Å². The summed E-state index contributed by atoms with van der Waals surface area (Å²) in [7, 11) is -0.596. The molecule has 1 amide bonds. The van der Waals surface area contributed by atoms with Gasteiger partial charge in [0, 0.05) is 32.2 Å². The summed E-state index contributed by atoms with van der Waals surface area (Å²) in [6, 6.07) is 14.1. The molecule has 0 radical (unpaired) electrons. The van der Waals surface area contributed by atoms with E-state index in [0.29, 0.717) is 38.2 Å². The van der Waals surface area contributed by atoms with Gasteiger partial charge in [0.25, 0.3) is 5.91 Å². The lowest BCUT2D eigenvalue weighted by Crippen LogP contribution is -2.33. The van der Waals surface area contributed by atoms with E-state index < -0.39 is 10.0 Å². The lowest BCUT2D eigenvalue weighted by molar-refractivity contribution is 0.0787. The predicted molar refractivity (Wildman–Crippen MR) is 124 cm³/mol. The molecule has 1 aliphatic heterocycles. The molecule has 0 aliphatic carbocycles. The van der Waals surface area contributed by atoms with Crippen molar-refractivity contribution in [3.8, 4) is 11.5 Å². The zero-order valence-corrected chi connectivity index (χ0v) is 19.6. The number of sulfonamides is 1. The zero-order valence-electron chi connectivity index (χ0n) is 18.8. The van der Waals surface area contributed by atoms with Crippen molar-refractivity contribution in [1.29, 1.82) is 0 Å². The van der Waals surface area contributed by atoms with Crippen molar-refractivity contribution >= 4 is 15.9 Å². The van der Waals surface area contributed by atoms with E-state index in [4.69, 9.17) is 9.47 Å². The Hall–Kier alpha value is -2.58. The number of methoxy groups -OCH3 is 1. The minimum absolute atomic E-state index is 0.0496. The standard InChI is InChI=1S/C24H32N2O5S/c1-25(15-10-18-31-21-11-6-5-7-12-21)24(27)20-13-14-22(30-2)23(19-20)32(28,29)26-16-8-3-4-9-17-26/h5-7,11-14,19H,3-4,8-10,15-18H2,1-2H3. The summed E-state index contributed by atoms with van der Waals surface area (Å²) in [5, 5.41) is 0. The number of nitrogens with zero attached hydrogens (tertiary/aromatic N) is 2. The molecule has 0 aromatic heterocycles. The van der Waals surface area contributed by atoms with E-state index in [-0.39, 0.29) is 16.6 Å². The largest absolute Gasteiger partial charge is 0.495 e. The first-order chi connectivity index (χ1) is 15.4. The number of para-hydroxylation sites is 1. The van der Waals surface area contributed by atoms with E-state index in [1.54, 1.807) is 24.1 Å². The molecule has 8 heteroatoms. The van der Waals surface area contributed by atoms with E-state index in [2.05, 4.69) is 0 Å². The van der Waals surface area contributed by atoms with Gasteiger partial charge in [0.15, 0.2) is 0 Å². The van der Waals surface area contributed by atoms with Crippen molar-refractivity contribution in [2.45, 2.75) is 37.0 Å². The summed E-state index contributed by atoms with van der Waals surface area (Å²) in [6.07, 6.45) is 4.40. The highest BCUT2D eigenvalue weighted by atomic mass is 32.2. The maximum absolute atomic E-state index is 13.3. The lowest BCUT2D eigenvalue weighted by atomic mass is 10.2. The van der Waals surface area contributed by atoms with Crippen LogP contribution in [0.1, 0.15) is 42.5 Å². The number of ether oxygens (including phenoxy) is 2. The quantitative estimate of drug-likeness (QED) is 0.532. The zero-order chi connectivity index (χ0) is 23.0. The van der Waals surface area contributed by atoms with Crippen LogP contribution in [-0.4, -0.2) is 63.9 Å². The summed E-state index contributed by atoms with van der Waals surface area (Å²) < 4.78 is 39.1. The van der Waals surface area contributed by atoms with Crippen molar-refractivity contribution in [1.82, 2.24) is 9.21 Å². The second-order valence-corrected chi connectivity index (χ2v) is 9.83. The van der Waals surface area contributed by atoms with E-state index in [9.17, 15) is 13.2 Å². The first-order valence-electron chi connectivity index (χ1n) is 11.0. The molecule has 2 aromatic rings. The van der Waals surface area contributed by atoms with E-state index in [1.165, 1.54) is 17.5 Å². The predicted octanol–water partition coefficient (Wildman–Crippen LogP) is 3.80. The van der Waals surface area contributed by atoms with Crippen LogP contribution in [0.2, 0.25) is 0 Å². The van der Waals surface area contributed by atoms with Gasteiger partial charge in [0.1, 0.15) is 16.4 Å². The summed E-state index contributed by atoms with van der Waals surface area (Å²) in [4.78, 5) is 14.6. The average molecular weight is 461 g/mol. The molecule has 3 rings (SSSR count).